The molecule has 3 aromatic carbocycles. The molecule has 1 aromatic heterocycles. The molecule has 4 nitrogen and oxygen atoms in total. The molecule has 0 aliphatic heterocycles. The molecule has 162 valence electrons. The molecule has 0 aliphatic carbocycles. The van der Waals surface area contributed by atoms with Crippen LogP contribution in [0.15, 0.2) is 96.0 Å². The van der Waals surface area contributed by atoms with Gasteiger partial charge in [-0.25, -0.2) is 4.98 Å². The number of hydrogen-bond acceptors (Lipinski definition) is 4. The van der Waals surface area contributed by atoms with E-state index in [0.717, 1.165) is 33.6 Å². The maximum Gasteiger partial charge on any atom is 0.237 e. The van der Waals surface area contributed by atoms with Crippen LogP contribution < -0.4 is 5.32 Å². The molecule has 0 fully saturated rings. The second kappa shape index (κ2) is 10.2. The Balaban J connectivity index is 1.72. The molecule has 4 aromatic rings. The highest BCUT2D eigenvalue weighted by Gasteiger charge is 2.21. The number of carbonyl (C=O) groups is 1. The number of hydrogen-bond donors (Lipinski definition) is 1. The van der Waals surface area contributed by atoms with E-state index < -0.39 is 5.25 Å². The maximum absolute atomic E-state index is 12.9. The van der Waals surface area contributed by atoms with Crippen molar-refractivity contribution in [1.82, 2.24) is 4.98 Å². The number of thioether (sulfide) groups is 1. The van der Waals surface area contributed by atoms with E-state index in [1.807, 2.05) is 105 Å². The number of benzene rings is 3. The summed E-state index contributed by atoms with van der Waals surface area (Å²) in [7, 11) is 0. The number of rotatable bonds is 6. The molecule has 0 radical (unpaired) electrons. The molecule has 0 aliphatic rings. The predicted molar refractivity (Wildman–Crippen MR) is 135 cm³/mol. The molecule has 0 saturated carbocycles. The largest absolute Gasteiger partial charge is 0.325 e. The Labute approximate surface area is 198 Å². The van der Waals surface area contributed by atoms with Gasteiger partial charge in [-0.1, -0.05) is 84.6 Å². The zero-order valence-electron chi connectivity index (χ0n) is 18.4. The van der Waals surface area contributed by atoms with E-state index in [2.05, 4.69) is 11.4 Å². The molecule has 1 unspecified atom stereocenters. The molecule has 1 N–H and O–H groups in total. The van der Waals surface area contributed by atoms with Crippen molar-refractivity contribution in [3.63, 3.8) is 0 Å². The lowest BCUT2D eigenvalue weighted by Crippen LogP contribution is -2.22. The Morgan fingerprint density at radius 3 is 2.24 bits per heavy atom. The van der Waals surface area contributed by atoms with Crippen molar-refractivity contribution in [1.29, 1.82) is 5.26 Å². The van der Waals surface area contributed by atoms with Crippen LogP contribution >= 0.6 is 11.8 Å². The number of aryl methyl sites for hydroxylation is 1. The summed E-state index contributed by atoms with van der Waals surface area (Å²) >= 11 is 1.30. The van der Waals surface area contributed by atoms with Crippen LogP contribution in [-0.2, 0) is 4.79 Å². The number of nitriles is 1. The molecular formula is C28H23N3OS. The van der Waals surface area contributed by atoms with Gasteiger partial charge in [0.25, 0.3) is 0 Å². The van der Waals surface area contributed by atoms with Crippen LogP contribution in [0.5, 0.6) is 0 Å². The summed E-state index contributed by atoms with van der Waals surface area (Å²) in [5.74, 6) is -0.136. The number of aromatic nitrogens is 1. The number of anilines is 1. The Hall–Kier alpha value is -3.88. The number of nitrogens with one attached hydrogen (secondary N) is 1. The number of carbonyl (C=O) groups excluding carboxylic acids is 1. The Morgan fingerprint density at radius 2 is 1.61 bits per heavy atom. The summed E-state index contributed by atoms with van der Waals surface area (Å²) in [5, 5.41) is 13.1. The first-order chi connectivity index (χ1) is 16.0. The molecule has 5 heteroatoms. The molecular weight excluding hydrogens is 426 g/mol. The topological polar surface area (TPSA) is 65.8 Å². The molecule has 0 saturated heterocycles. The van der Waals surface area contributed by atoms with Crippen molar-refractivity contribution in [3.8, 4) is 28.5 Å². The predicted octanol–water partition coefficient (Wildman–Crippen LogP) is 6.72. The average Bonchev–Trinajstić information content (AvgIpc) is 2.84. The highest BCUT2D eigenvalue weighted by molar-refractivity contribution is 8.00. The highest BCUT2D eigenvalue weighted by atomic mass is 32.2. The molecule has 0 spiro atoms. The van der Waals surface area contributed by atoms with Crippen molar-refractivity contribution in [2.45, 2.75) is 24.1 Å². The van der Waals surface area contributed by atoms with E-state index in [-0.39, 0.29) is 5.91 Å². The van der Waals surface area contributed by atoms with E-state index >= 15 is 0 Å². The molecule has 1 heterocycles. The van der Waals surface area contributed by atoms with Crippen molar-refractivity contribution in [2.75, 3.05) is 5.32 Å². The lowest BCUT2D eigenvalue weighted by molar-refractivity contribution is -0.115. The van der Waals surface area contributed by atoms with Crippen LogP contribution in [0.4, 0.5) is 5.69 Å². The highest BCUT2D eigenvalue weighted by Crippen LogP contribution is 2.35. The van der Waals surface area contributed by atoms with Gasteiger partial charge < -0.3 is 5.32 Å². The third kappa shape index (κ3) is 5.31. The van der Waals surface area contributed by atoms with Crippen LogP contribution in [0.1, 0.15) is 18.1 Å². The van der Waals surface area contributed by atoms with Gasteiger partial charge in [0.2, 0.25) is 5.91 Å². The van der Waals surface area contributed by atoms with Crippen LogP contribution in [0.2, 0.25) is 0 Å². The van der Waals surface area contributed by atoms with E-state index in [1.165, 1.54) is 11.8 Å². The Kier molecular flexibility index (Phi) is 6.87. The van der Waals surface area contributed by atoms with Gasteiger partial charge in [-0.3, -0.25) is 4.79 Å². The second-order valence-corrected chi connectivity index (χ2v) is 9.03. The lowest BCUT2D eigenvalue weighted by atomic mass is 9.99. The van der Waals surface area contributed by atoms with Gasteiger partial charge in [-0.2, -0.15) is 5.26 Å². The summed E-state index contributed by atoms with van der Waals surface area (Å²) in [6, 6.07) is 31.6. The first-order valence-corrected chi connectivity index (χ1v) is 11.5. The summed E-state index contributed by atoms with van der Waals surface area (Å²) in [4.78, 5) is 17.7. The fourth-order valence-corrected chi connectivity index (χ4v) is 4.43. The van der Waals surface area contributed by atoms with Crippen LogP contribution in [0.25, 0.3) is 22.4 Å². The minimum Gasteiger partial charge on any atom is -0.325 e. The summed E-state index contributed by atoms with van der Waals surface area (Å²) in [6.07, 6.45) is 0. The van der Waals surface area contributed by atoms with E-state index in [1.54, 1.807) is 0 Å². The second-order valence-electron chi connectivity index (χ2n) is 7.70. The minimum absolute atomic E-state index is 0.136. The molecule has 1 amide bonds. The first-order valence-electron chi connectivity index (χ1n) is 10.7. The molecule has 33 heavy (non-hydrogen) atoms. The molecule has 1 atom stereocenters. The van der Waals surface area contributed by atoms with Crippen molar-refractivity contribution < 1.29 is 4.79 Å². The summed E-state index contributed by atoms with van der Waals surface area (Å²) in [6.45, 7) is 3.81. The normalized spacial score (nSPS) is 11.4. The van der Waals surface area contributed by atoms with Gasteiger partial charge in [0.1, 0.15) is 11.1 Å². The Bertz CT molecular complexity index is 1310. The van der Waals surface area contributed by atoms with Gasteiger partial charge in [-0.05, 0) is 43.2 Å². The van der Waals surface area contributed by atoms with Crippen molar-refractivity contribution in [2.24, 2.45) is 0 Å². The fraction of sp³-hybridized carbons (Fsp3) is 0.107. The monoisotopic (exact) mass is 449 g/mol. The smallest absolute Gasteiger partial charge is 0.237 e. The molecule has 0 bridgehead atoms. The SMILES string of the molecule is Cc1cccc(NC(=O)C(C)Sc2nc(-c3ccccc3)cc(-c3ccccc3)c2C#N)c1. The quantitative estimate of drug-likeness (QED) is 0.332. The lowest BCUT2D eigenvalue weighted by Gasteiger charge is -2.16. The van der Waals surface area contributed by atoms with Gasteiger partial charge in [-0.15, -0.1) is 0 Å². The van der Waals surface area contributed by atoms with Gasteiger partial charge in [0, 0.05) is 16.8 Å². The van der Waals surface area contributed by atoms with E-state index in [0.29, 0.717) is 10.6 Å². The van der Waals surface area contributed by atoms with E-state index in [4.69, 9.17) is 4.98 Å². The average molecular weight is 450 g/mol. The Morgan fingerprint density at radius 1 is 0.939 bits per heavy atom. The van der Waals surface area contributed by atoms with Crippen molar-refractivity contribution >= 4 is 23.4 Å². The third-order valence-corrected chi connectivity index (χ3v) is 6.28. The maximum atomic E-state index is 12.9. The first kappa shape index (κ1) is 22.3. The zero-order chi connectivity index (χ0) is 23.2. The van der Waals surface area contributed by atoms with Gasteiger partial charge >= 0.3 is 0 Å². The van der Waals surface area contributed by atoms with Gasteiger partial charge in [0.15, 0.2) is 0 Å². The van der Waals surface area contributed by atoms with Crippen LogP contribution in [-0.4, -0.2) is 16.1 Å². The summed E-state index contributed by atoms with van der Waals surface area (Å²) < 4.78 is 0. The van der Waals surface area contributed by atoms with Crippen LogP contribution in [0.3, 0.4) is 0 Å². The number of amides is 1. The third-order valence-electron chi connectivity index (χ3n) is 5.20. The fourth-order valence-electron chi connectivity index (χ4n) is 3.50. The zero-order valence-corrected chi connectivity index (χ0v) is 19.3. The van der Waals surface area contributed by atoms with Crippen molar-refractivity contribution in [3.05, 3.63) is 102 Å². The number of pyridine rings is 1. The van der Waals surface area contributed by atoms with Crippen LogP contribution in [0, 0.1) is 18.3 Å². The minimum atomic E-state index is -0.445. The van der Waals surface area contributed by atoms with E-state index in [9.17, 15) is 10.1 Å². The van der Waals surface area contributed by atoms with Gasteiger partial charge in [0.05, 0.1) is 16.5 Å². The number of nitrogens with zero attached hydrogens (tertiary/aromatic N) is 2. The standard InChI is InChI=1S/C28H23N3OS/c1-19-10-9-15-23(16-19)30-27(32)20(2)33-28-25(18-29)24(21-11-5-3-6-12-21)17-26(31-28)22-13-7-4-8-14-22/h3-17,20H,1-2H3,(H,30,32). The molecule has 4 rings (SSSR count). The summed E-state index contributed by atoms with van der Waals surface area (Å²) in [5.41, 5.74) is 5.77.